The molecule has 8 heteroatoms. The zero-order valence-electron chi connectivity index (χ0n) is 10.9. The molecule has 0 aliphatic carbocycles. The highest BCUT2D eigenvalue weighted by Gasteiger charge is 2.31. The first-order valence-electron chi connectivity index (χ1n) is 5.96. The zero-order valence-corrected chi connectivity index (χ0v) is 13.2. The van der Waals surface area contributed by atoms with Gasteiger partial charge in [-0.05, 0) is 45.8 Å². The summed E-state index contributed by atoms with van der Waals surface area (Å²) >= 11 is 9.06. The second-order valence-electron chi connectivity index (χ2n) is 4.42. The monoisotopic (exact) mass is 395 g/mol. The molecule has 118 valence electrons. The van der Waals surface area contributed by atoms with Gasteiger partial charge in [0.2, 0.25) is 0 Å². The summed E-state index contributed by atoms with van der Waals surface area (Å²) in [5, 5.41) is 10.4. The van der Waals surface area contributed by atoms with Crippen LogP contribution in [0.2, 0.25) is 5.02 Å². The van der Waals surface area contributed by atoms with Gasteiger partial charge in [0.15, 0.2) is 0 Å². The topological polar surface area (TPSA) is 55.5 Å². The fourth-order valence-electron chi connectivity index (χ4n) is 1.88. The zero-order chi connectivity index (χ0) is 16.5. The Morgan fingerprint density at radius 2 is 1.77 bits per heavy atom. The number of rotatable bonds is 3. The van der Waals surface area contributed by atoms with E-state index in [-0.39, 0.29) is 11.5 Å². The Morgan fingerprint density at radius 3 is 2.32 bits per heavy atom. The third kappa shape index (κ3) is 4.06. The van der Waals surface area contributed by atoms with E-state index < -0.39 is 12.4 Å². The minimum atomic E-state index is -4.75. The number of phenols is 1. The molecule has 0 heterocycles. The van der Waals surface area contributed by atoms with E-state index in [1.54, 1.807) is 0 Å². The highest BCUT2D eigenvalue weighted by Crippen LogP contribution is 2.37. The van der Waals surface area contributed by atoms with E-state index in [9.17, 15) is 18.3 Å². The Kier molecular flexibility index (Phi) is 4.89. The molecule has 0 spiro atoms. The summed E-state index contributed by atoms with van der Waals surface area (Å²) in [5.41, 5.74) is 6.88. The third-order valence-electron chi connectivity index (χ3n) is 2.87. The van der Waals surface area contributed by atoms with Crippen LogP contribution in [0.15, 0.2) is 40.9 Å². The van der Waals surface area contributed by atoms with E-state index in [2.05, 4.69) is 20.7 Å². The Labute approximate surface area is 137 Å². The summed E-state index contributed by atoms with van der Waals surface area (Å²) in [6.07, 6.45) is -4.75. The minimum absolute atomic E-state index is 0.0764. The Bertz CT molecular complexity index is 677. The van der Waals surface area contributed by atoms with E-state index in [1.165, 1.54) is 24.3 Å². The van der Waals surface area contributed by atoms with Crippen LogP contribution in [0.1, 0.15) is 17.2 Å². The average molecular weight is 397 g/mol. The largest absolute Gasteiger partial charge is 0.573 e. The molecule has 1 atom stereocenters. The van der Waals surface area contributed by atoms with Gasteiger partial charge in [0, 0.05) is 10.6 Å². The van der Waals surface area contributed by atoms with Crippen LogP contribution in [0.25, 0.3) is 0 Å². The van der Waals surface area contributed by atoms with Gasteiger partial charge in [0.1, 0.15) is 11.5 Å². The summed E-state index contributed by atoms with van der Waals surface area (Å²) in [7, 11) is 0. The molecule has 0 amide bonds. The van der Waals surface area contributed by atoms with Gasteiger partial charge < -0.3 is 15.6 Å². The molecule has 0 bridgehead atoms. The van der Waals surface area contributed by atoms with Crippen LogP contribution in [0.4, 0.5) is 13.2 Å². The Hall–Kier alpha value is -1.44. The van der Waals surface area contributed by atoms with Crippen LogP contribution >= 0.6 is 27.5 Å². The Morgan fingerprint density at radius 1 is 1.18 bits per heavy atom. The maximum atomic E-state index is 12.1. The fraction of sp³-hybridized carbons (Fsp3) is 0.143. The van der Waals surface area contributed by atoms with Crippen molar-refractivity contribution in [1.82, 2.24) is 0 Å². The standard InChI is InChI=1S/C14H10BrClF3NO2/c15-11-6-8(16)5-10(13(11)21)12(20)7-1-3-9(4-2-7)22-14(17,18)19/h1-6,12,21H,20H2/t12-/m0/s1. The number of ether oxygens (including phenoxy) is 1. The first-order valence-corrected chi connectivity index (χ1v) is 7.13. The van der Waals surface area contributed by atoms with E-state index in [0.717, 1.165) is 12.1 Å². The summed E-state index contributed by atoms with van der Waals surface area (Å²) in [5.74, 6) is -0.424. The van der Waals surface area contributed by atoms with Crippen molar-refractivity contribution in [2.24, 2.45) is 5.73 Å². The SMILES string of the molecule is N[C@@H](c1ccc(OC(F)(F)F)cc1)c1cc(Cl)cc(Br)c1O. The molecule has 0 unspecified atom stereocenters. The van der Waals surface area contributed by atoms with Gasteiger partial charge >= 0.3 is 6.36 Å². The minimum Gasteiger partial charge on any atom is -0.506 e. The molecule has 0 aromatic heterocycles. The smallest absolute Gasteiger partial charge is 0.506 e. The quantitative estimate of drug-likeness (QED) is 0.787. The highest BCUT2D eigenvalue weighted by molar-refractivity contribution is 9.10. The second kappa shape index (κ2) is 6.36. The molecular weight excluding hydrogens is 387 g/mol. The van der Waals surface area contributed by atoms with Gasteiger partial charge in [0.25, 0.3) is 0 Å². The number of hydrogen-bond acceptors (Lipinski definition) is 3. The van der Waals surface area contributed by atoms with Crippen molar-refractivity contribution in [2.45, 2.75) is 12.4 Å². The van der Waals surface area contributed by atoms with Gasteiger partial charge in [-0.25, -0.2) is 0 Å². The van der Waals surface area contributed by atoms with Crippen molar-refractivity contribution in [3.63, 3.8) is 0 Å². The number of halogens is 5. The molecule has 0 radical (unpaired) electrons. The van der Waals surface area contributed by atoms with Gasteiger partial charge in [-0.2, -0.15) is 0 Å². The normalized spacial score (nSPS) is 13.0. The van der Waals surface area contributed by atoms with Gasteiger partial charge in [0.05, 0.1) is 10.5 Å². The molecule has 0 aliphatic heterocycles. The maximum absolute atomic E-state index is 12.1. The number of aromatic hydroxyl groups is 1. The highest BCUT2D eigenvalue weighted by atomic mass is 79.9. The van der Waals surface area contributed by atoms with E-state index in [1.807, 2.05) is 0 Å². The van der Waals surface area contributed by atoms with Crippen molar-refractivity contribution in [1.29, 1.82) is 0 Å². The molecule has 2 aromatic carbocycles. The van der Waals surface area contributed by atoms with Crippen LogP contribution < -0.4 is 10.5 Å². The molecule has 0 fully saturated rings. The van der Waals surface area contributed by atoms with Crippen LogP contribution in [-0.2, 0) is 0 Å². The van der Waals surface area contributed by atoms with Gasteiger partial charge in [-0.3, -0.25) is 0 Å². The average Bonchev–Trinajstić information content (AvgIpc) is 2.41. The lowest BCUT2D eigenvalue weighted by Crippen LogP contribution is -2.17. The second-order valence-corrected chi connectivity index (χ2v) is 5.71. The molecule has 3 N–H and O–H groups in total. The first-order chi connectivity index (χ1) is 10.2. The molecule has 22 heavy (non-hydrogen) atoms. The van der Waals surface area contributed by atoms with E-state index in [0.29, 0.717) is 20.6 Å². The molecule has 0 saturated carbocycles. The van der Waals surface area contributed by atoms with Gasteiger partial charge in [-0.15, -0.1) is 13.2 Å². The molecule has 2 rings (SSSR count). The van der Waals surface area contributed by atoms with Crippen molar-refractivity contribution >= 4 is 27.5 Å². The third-order valence-corrected chi connectivity index (χ3v) is 3.69. The lowest BCUT2D eigenvalue weighted by atomic mass is 9.99. The van der Waals surface area contributed by atoms with Crippen molar-refractivity contribution < 1.29 is 23.0 Å². The molecule has 0 aliphatic rings. The molecule has 2 aromatic rings. The van der Waals surface area contributed by atoms with Crippen LogP contribution in [0.5, 0.6) is 11.5 Å². The van der Waals surface area contributed by atoms with E-state index in [4.69, 9.17) is 17.3 Å². The summed E-state index contributed by atoms with van der Waals surface area (Å²) in [4.78, 5) is 0. The number of alkyl halides is 3. The molecular formula is C14H10BrClF3NO2. The number of benzene rings is 2. The van der Waals surface area contributed by atoms with Crippen LogP contribution in [-0.4, -0.2) is 11.5 Å². The van der Waals surface area contributed by atoms with Gasteiger partial charge in [-0.1, -0.05) is 23.7 Å². The lowest BCUT2D eigenvalue weighted by Gasteiger charge is -2.16. The lowest BCUT2D eigenvalue weighted by molar-refractivity contribution is -0.274. The van der Waals surface area contributed by atoms with Crippen LogP contribution in [0, 0.1) is 0 Å². The van der Waals surface area contributed by atoms with E-state index >= 15 is 0 Å². The number of nitrogens with two attached hydrogens (primary N) is 1. The predicted molar refractivity (Wildman–Crippen MR) is 80.0 cm³/mol. The predicted octanol–water partition coefficient (Wildman–Crippen LogP) is 4.75. The number of hydrogen-bond donors (Lipinski definition) is 2. The molecule has 0 saturated heterocycles. The van der Waals surface area contributed by atoms with Crippen LogP contribution in [0.3, 0.4) is 0 Å². The fourth-order valence-corrected chi connectivity index (χ4v) is 2.71. The number of phenolic OH excluding ortho intramolecular Hbond substituents is 1. The summed E-state index contributed by atoms with van der Waals surface area (Å²) in [6.45, 7) is 0. The Balaban J connectivity index is 2.29. The molecule has 3 nitrogen and oxygen atoms in total. The van der Waals surface area contributed by atoms with Crippen molar-refractivity contribution in [3.8, 4) is 11.5 Å². The van der Waals surface area contributed by atoms with Crippen molar-refractivity contribution in [3.05, 3.63) is 57.0 Å². The maximum Gasteiger partial charge on any atom is 0.573 e. The summed E-state index contributed by atoms with van der Waals surface area (Å²) < 4.78 is 40.5. The summed E-state index contributed by atoms with van der Waals surface area (Å²) in [6, 6.07) is 7.33. The first kappa shape index (κ1) is 16.9. The van der Waals surface area contributed by atoms with Crippen molar-refractivity contribution in [2.75, 3.05) is 0 Å².